The van der Waals surface area contributed by atoms with Gasteiger partial charge in [0.25, 0.3) is 0 Å². The van der Waals surface area contributed by atoms with E-state index in [9.17, 15) is 0 Å². The van der Waals surface area contributed by atoms with E-state index >= 15 is 0 Å². The zero-order chi connectivity index (χ0) is 12.3. The summed E-state index contributed by atoms with van der Waals surface area (Å²) < 4.78 is 2.27. The second-order valence-corrected chi connectivity index (χ2v) is 5.04. The lowest BCUT2D eigenvalue weighted by Crippen LogP contribution is -2.19. The highest BCUT2D eigenvalue weighted by Crippen LogP contribution is 2.25. The molecule has 0 aromatic carbocycles. The van der Waals surface area contributed by atoms with Crippen LogP contribution in [-0.4, -0.2) is 15.6 Å². The third-order valence-corrected chi connectivity index (χ3v) is 3.18. The van der Waals surface area contributed by atoms with E-state index in [0.717, 1.165) is 11.6 Å². The number of rotatable bonds is 5. The minimum Gasteiger partial charge on any atom is -0.353 e. The summed E-state index contributed by atoms with van der Waals surface area (Å²) in [6.07, 6.45) is 3.33. The topological polar surface area (TPSA) is 29.9 Å². The largest absolute Gasteiger partial charge is 0.353 e. The number of hydrogen-bond acceptors (Lipinski definition) is 2. The molecule has 2 unspecified atom stereocenters. The molecular formula is C13H25N3. The number of imidazole rings is 1. The fraction of sp³-hybridized carbons (Fsp3) is 0.769. The molecule has 92 valence electrons. The highest BCUT2D eigenvalue weighted by Gasteiger charge is 2.16. The average molecular weight is 223 g/mol. The Kier molecular flexibility index (Phi) is 4.39. The van der Waals surface area contributed by atoms with Crippen LogP contribution in [0.1, 0.15) is 52.8 Å². The van der Waals surface area contributed by atoms with Crippen molar-refractivity contribution in [2.24, 2.45) is 5.92 Å². The quantitative estimate of drug-likeness (QED) is 0.826. The third-order valence-electron chi connectivity index (χ3n) is 3.18. The smallest absolute Gasteiger partial charge is 0.203 e. The Hall–Kier alpha value is -0.990. The van der Waals surface area contributed by atoms with Gasteiger partial charge in [0, 0.05) is 18.3 Å². The third kappa shape index (κ3) is 3.00. The normalized spacial score (nSPS) is 15.2. The molecule has 1 aromatic heterocycles. The highest BCUT2D eigenvalue weighted by molar-refractivity contribution is 5.30. The van der Waals surface area contributed by atoms with Crippen molar-refractivity contribution in [3.05, 3.63) is 11.9 Å². The van der Waals surface area contributed by atoms with E-state index in [-0.39, 0.29) is 0 Å². The van der Waals surface area contributed by atoms with Crippen LogP contribution in [0.25, 0.3) is 0 Å². The Morgan fingerprint density at radius 1 is 1.31 bits per heavy atom. The van der Waals surface area contributed by atoms with Gasteiger partial charge in [-0.25, -0.2) is 4.98 Å². The van der Waals surface area contributed by atoms with Crippen LogP contribution in [0.15, 0.2) is 6.20 Å². The second-order valence-electron chi connectivity index (χ2n) is 5.04. The number of hydrogen-bond donors (Lipinski definition) is 1. The predicted molar refractivity (Wildman–Crippen MR) is 69.9 cm³/mol. The van der Waals surface area contributed by atoms with Crippen LogP contribution in [-0.2, 0) is 0 Å². The van der Waals surface area contributed by atoms with Crippen LogP contribution in [0.4, 0.5) is 5.95 Å². The van der Waals surface area contributed by atoms with Crippen molar-refractivity contribution in [3.63, 3.8) is 0 Å². The van der Waals surface area contributed by atoms with Crippen LogP contribution in [0.2, 0.25) is 0 Å². The van der Waals surface area contributed by atoms with Gasteiger partial charge in [0.15, 0.2) is 0 Å². The molecule has 0 aliphatic rings. The zero-order valence-electron chi connectivity index (χ0n) is 11.4. The van der Waals surface area contributed by atoms with E-state index in [1.807, 2.05) is 6.92 Å². The first-order valence-corrected chi connectivity index (χ1v) is 6.27. The zero-order valence-corrected chi connectivity index (χ0v) is 11.4. The molecule has 0 spiro atoms. The van der Waals surface area contributed by atoms with Crippen molar-refractivity contribution in [1.29, 1.82) is 0 Å². The summed E-state index contributed by atoms with van der Waals surface area (Å²) in [7, 11) is 0. The van der Waals surface area contributed by atoms with Gasteiger partial charge < -0.3 is 9.88 Å². The Labute approximate surface area is 99.3 Å². The molecule has 3 nitrogen and oxygen atoms in total. The Morgan fingerprint density at radius 2 is 1.94 bits per heavy atom. The lowest BCUT2D eigenvalue weighted by atomic mass is 10.0. The molecule has 0 amide bonds. The number of aromatic nitrogens is 2. The molecule has 1 rings (SSSR count). The second kappa shape index (κ2) is 5.37. The van der Waals surface area contributed by atoms with Gasteiger partial charge in [-0.15, -0.1) is 0 Å². The maximum atomic E-state index is 4.54. The molecule has 1 heterocycles. The van der Waals surface area contributed by atoms with Gasteiger partial charge in [-0.1, -0.05) is 20.3 Å². The van der Waals surface area contributed by atoms with E-state index < -0.39 is 0 Å². The fourth-order valence-electron chi connectivity index (χ4n) is 1.81. The molecule has 3 heteroatoms. The molecule has 0 bridgehead atoms. The molecule has 0 aliphatic carbocycles. The fourth-order valence-corrected chi connectivity index (χ4v) is 1.81. The molecule has 0 radical (unpaired) electrons. The molecule has 1 N–H and O–H groups in total. The maximum absolute atomic E-state index is 4.54. The SMILES string of the molecule is CCC(C)C(C)n1cc(C)nc1NC(C)C. The Morgan fingerprint density at radius 3 is 2.44 bits per heavy atom. The Balaban J connectivity index is 2.93. The van der Waals surface area contributed by atoms with Crippen molar-refractivity contribution in [1.82, 2.24) is 9.55 Å². The van der Waals surface area contributed by atoms with E-state index in [2.05, 4.69) is 55.7 Å². The van der Waals surface area contributed by atoms with Crippen LogP contribution in [0.3, 0.4) is 0 Å². The summed E-state index contributed by atoms with van der Waals surface area (Å²) in [5.41, 5.74) is 1.08. The first-order valence-electron chi connectivity index (χ1n) is 6.27. The van der Waals surface area contributed by atoms with Gasteiger partial charge in [0.1, 0.15) is 0 Å². The highest BCUT2D eigenvalue weighted by atomic mass is 15.2. The Bertz CT molecular complexity index is 328. The standard InChI is InChI=1S/C13H25N3/c1-7-10(4)12(6)16-8-11(5)15-13(16)14-9(2)3/h8-10,12H,7H2,1-6H3,(H,14,15). The summed E-state index contributed by atoms with van der Waals surface area (Å²) in [5, 5.41) is 3.41. The molecule has 1 aromatic rings. The number of nitrogens with zero attached hydrogens (tertiary/aromatic N) is 2. The van der Waals surface area contributed by atoms with Gasteiger partial charge in [-0.2, -0.15) is 0 Å². The summed E-state index contributed by atoms with van der Waals surface area (Å²) in [4.78, 5) is 4.54. The molecular weight excluding hydrogens is 198 g/mol. The van der Waals surface area contributed by atoms with Crippen molar-refractivity contribution >= 4 is 5.95 Å². The van der Waals surface area contributed by atoms with Crippen LogP contribution in [0, 0.1) is 12.8 Å². The molecule has 0 fully saturated rings. The monoisotopic (exact) mass is 223 g/mol. The molecule has 16 heavy (non-hydrogen) atoms. The van der Waals surface area contributed by atoms with Gasteiger partial charge in [0.05, 0.1) is 5.69 Å². The van der Waals surface area contributed by atoms with Crippen molar-refractivity contribution < 1.29 is 0 Å². The van der Waals surface area contributed by atoms with Crippen LogP contribution in [0.5, 0.6) is 0 Å². The van der Waals surface area contributed by atoms with E-state index in [4.69, 9.17) is 0 Å². The van der Waals surface area contributed by atoms with Gasteiger partial charge in [0.2, 0.25) is 5.95 Å². The van der Waals surface area contributed by atoms with Crippen molar-refractivity contribution in [2.75, 3.05) is 5.32 Å². The van der Waals surface area contributed by atoms with E-state index in [1.54, 1.807) is 0 Å². The first-order chi connectivity index (χ1) is 7.45. The predicted octanol–water partition coefficient (Wildman–Crippen LogP) is 3.62. The number of anilines is 1. The first kappa shape index (κ1) is 13.1. The van der Waals surface area contributed by atoms with Crippen molar-refractivity contribution in [2.45, 2.75) is 60.0 Å². The maximum Gasteiger partial charge on any atom is 0.203 e. The lowest BCUT2D eigenvalue weighted by molar-refractivity contribution is 0.372. The average Bonchev–Trinajstić information content (AvgIpc) is 2.56. The molecule has 0 saturated heterocycles. The van der Waals surface area contributed by atoms with E-state index in [1.165, 1.54) is 6.42 Å². The minimum absolute atomic E-state index is 0.421. The van der Waals surface area contributed by atoms with Gasteiger partial charge in [-0.3, -0.25) is 0 Å². The summed E-state index contributed by atoms with van der Waals surface area (Å²) >= 11 is 0. The minimum atomic E-state index is 0.421. The number of aryl methyl sites for hydroxylation is 1. The van der Waals surface area contributed by atoms with Gasteiger partial charge >= 0.3 is 0 Å². The van der Waals surface area contributed by atoms with Crippen LogP contribution < -0.4 is 5.32 Å². The van der Waals surface area contributed by atoms with E-state index in [0.29, 0.717) is 18.0 Å². The molecule has 0 saturated carbocycles. The summed E-state index contributed by atoms with van der Waals surface area (Å²) in [6, 6.07) is 0.914. The molecule has 2 atom stereocenters. The van der Waals surface area contributed by atoms with Crippen molar-refractivity contribution in [3.8, 4) is 0 Å². The summed E-state index contributed by atoms with van der Waals surface area (Å²) in [5.74, 6) is 1.67. The molecule has 0 aliphatic heterocycles. The lowest BCUT2D eigenvalue weighted by Gasteiger charge is -2.23. The number of nitrogens with one attached hydrogen (secondary N) is 1. The summed E-state index contributed by atoms with van der Waals surface area (Å²) in [6.45, 7) is 13.1. The van der Waals surface area contributed by atoms with Gasteiger partial charge in [-0.05, 0) is 33.6 Å². The van der Waals surface area contributed by atoms with Crippen LogP contribution >= 0.6 is 0 Å².